The Bertz CT molecular complexity index is 920. The second kappa shape index (κ2) is 6.63. The first-order valence-corrected chi connectivity index (χ1v) is 12.1. The molecule has 2 N–H and O–H groups in total. The SMILES string of the molecule is CC1(C)O[C@@H]2C[C@H]3[C@@H]4C[C@@H](O)C5=CC(=O)CC[C@]5(C)[C@@]4(F)[C@@H](O)C[C@]3(C)[C@]2(C(=O)CCl)O1. The Morgan fingerprint density at radius 1 is 1.22 bits per heavy atom. The summed E-state index contributed by atoms with van der Waals surface area (Å²) in [5.41, 5.74) is -5.11. The lowest BCUT2D eigenvalue weighted by Gasteiger charge is -2.64. The van der Waals surface area contributed by atoms with Crippen LogP contribution < -0.4 is 0 Å². The van der Waals surface area contributed by atoms with Gasteiger partial charge in [0.1, 0.15) is 5.67 Å². The molecule has 5 rings (SSSR count). The zero-order chi connectivity index (χ0) is 23.5. The number of halogens is 2. The molecule has 0 aromatic carbocycles. The minimum Gasteiger partial charge on any atom is -0.390 e. The van der Waals surface area contributed by atoms with E-state index in [1.165, 1.54) is 6.08 Å². The maximum absolute atomic E-state index is 17.3. The molecule has 1 heterocycles. The van der Waals surface area contributed by atoms with E-state index in [1.54, 1.807) is 20.8 Å². The van der Waals surface area contributed by atoms with Crippen molar-refractivity contribution < 1.29 is 33.7 Å². The van der Waals surface area contributed by atoms with Gasteiger partial charge in [-0.1, -0.05) is 13.8 Å². The molecule has 6 nitrogen and oxygen atoms in total. The number of ether oxygens (including phenoxy) is 2. The Morgan fingerprint density at radius 3 is 2.56 bits per heavy atom. The fourth-order valence-electron chi connectivity index (χ4n) is 8.30. The highest BCUT2D eigenvalue weighted by Crippen LogP contribution is 2.72. The summed E-state index contributed by atoms with van der Waals surface area (Å²) in [5, 5.41) is 22.5. The molecule has 4 aliphatic carbocycles. The van der Waals surface area contributed by atoms with E-state index in [9.17, 15) is 19.8 Å². The summed E-state index contributed by atoms with van der Waals surface area (Å²) >= 11 is 6.03. The number of fused-ring (bicyclic) bond motifs is 7. The Labute approximate surface area is 192 Å². The number of Topliss-reactive ketones (excluding diaryl/α,β-unsaturated/α-hetero) is 1. The van der Waals surface area contributed by atoms with Crippen molar-refractivity contribution in [1.82, 2.24) is 0 Å². The van der Waals surface area contributed by atoms with Crippen molar-refractivity contribution in [2.45, 2.75) is 95.2 Å². The normalized spacial score (nSPS) is 53.7. The summed E-state index contributed by atoms with van der Waals surface area (Å²) in [6.07, 6.45) is -0.729. The molecule has 0 unspecified atom stereocenters. The maximum Gasteiger partial charge on any atom is 0.182 e. The summed E-state index contributed by atoms with van der Waals surface area (Å²) in [6, 6.07) is 0. The number of carbonyl (C=O) groups is 2. The monoisotopic (exact) mass is 470 g/mol. The van der Waals surface area contributed by atoms with Crippen molar-refractivity contribution in [3.8, 4) is 0 Å². The Morgan fingerprint density at radius 2 is 1.91 bits per heavy atom. The van der Waals surface area contributed by atoms with Gasteiger partial charge >= 0.3 is 0 Å². The van der Waals surface area contributed by atoms with Crippen LogP contribution in [0, 0.1) is 22.7 Å². The third-order valence-electron chi connectivity index (χ3n) is 9.59. The molecule has 0 spiro atoms. The van der Waals surface area contributed by atoms with E-state index in [1.807, 2.05) is 6.92 Å². The largest absolute Gasteiger partial charge is 0.390 e. The molecule has 4 fully saturated rings. The van der Waals surface area contributed by atoms with Crippen LogP contribution in [0.3, 0.4) is 0 Å². The molecular formula is C24H32ClFO6. The van der Waals surface area contributed by atoms with Crippen LogP contribution in [-0.4, -0.2) is 63.0 Å². The van der Waals surface area contributed by atoms with E-state index in [0.717, 1.165) is 0 Å². The van der Waals surface area contributed by atoms with E-state index in [4.69, 9.17) is 21.1 Å². The molecule has 32 heavy (non-hydrogen) atoms. The summed E-state index contributed by atoms with van der Waals surface area (Å²) < 4.78 is 29.7. The van der Waals surface area contributed by atoms with Gasteiger partial charge in [-0.3, -0.25) is 9.59 Å². The van der Waals surface area contributed by atoms with Gasteiger partial charge in [0.15, 0.2) is 23.0 Å². The molecule has 0 aromatic heterocycles. The first kappa shape index (κ1) is 22.9. The highest BCUT2D eigenvalue weighted by atomic mass is 35.5. The Hall–Kier alpha value is -0.860. The van der Waals surface area contributed by atoms with E-state index in [2.05, 4.69) is 0 Å². The molecule has 0 radical (unpaired) electrons. The standard InChI is InChI=1S/C24H32ClFO6/c1-20(2)31-19-9-13-14-8-16(28)15-7-12(27)5-6-21(15,3)23(14,26)17(29)10-22(13,4)24(19,32-20)18(30)11-25/h7,13-14,16-17,19,28-29H,5-6,8-11H2,1-4H3/t13-,14-,16+,17-,19+,21-,22-,23-,24+/m0/s1. The predicted octanol–water partition coefficient (Wildman–Crippen LogP) is 2.86. The van der Waals surface area contributed by atoms with Crippen LogP contribution in [0.25, 0.3) is 0 Å². The van der Waals surface area contributed by atoms with Gasteiger partial charge in [-0.15, -0.1) is 11.6 Å². The average Bonchev–Trinajstić information content (AvgIpc) is 3.11. The van der Waals surface area contributed by atoms with Gasteiger partial charge in [-0.2, -0.15) is 0 Å². The topological polar surface area (TPSA) is 93.1 Å². The number of ketones is 2. The minimum absolute atomic E-state index is 0.0101. The average molecular weight is 471 g/mol. The lowest BCUT2D eigenvalue weighted by atomic mass is 9.43. The fraction of sp³-hybridized carbons (Fsp3) is 0.833. The van der Waals surface area contributed by atoms with Crippen molar-refractivity contribution >= 4 is 23.2 Å². The van der Waals surface area contributed by atoms with Crippen LogP contribution in [0.2, 0.25) is 0 Å². The molecule has 8 heteroatoms. The zero-order valence-electron chi connectivity index (χ0n) is 19.0. The van der Waals surface area contributed by atoms with Crippen molar-refractivity contribution in [2.24, 2.45) is 22.7 Å². The van der Waals surface area contributed by atoms with Gasteiger partial charge in [0.05, 0.1) is 24.2 Å². The molecule has 1 aliphatic heterocycles. The maximum atomic E-state index is 17.3. The van der Waals surface area contributed by atoms with Crippen molar-refractivity contribution in [1.29, 1.82) is 0 Å². The lowest BCUT2D eigenvalue weighted by molar-refractivity contribution is -0.255. The van der Waals surface area contributed by atoms with Crippen molar-refractivity contribution in [3.05, 3.63) is 11.6 Å². The summed E-state index contributed by atoms with van der Waals surface area (Å²) in [7, 11) is 0. The zero-order valence-corrected chi connectivity index (χ0v) is 19.7. The van der Waals surface area contributed by atoms with Gasteiger partial charge < -0.3 is 19.7 Å². The van der Waals surface area contributed by atoms with Crippen LogP contribution in [0.1, 0.15) is 59.8 Å². The van der Waals surface area contributed by atoms with Gasteiger partial charge in [-0.25, -0.2) is 4.39 Å². The molecule has 0 bridgehead atoms. The van der Waals surface area contributed by atoms with Crippen LogP contribution in [0.4, 0.5) is 4.39 Å². The molecule has 178 valence electrons. The quantitative estimate of drug-likeness (QED) is 0.603. The van der Waals surface area contributed by atoms with E-state index < -0.39 is 52.1 Å². The van der Waals surface area contributed by atoms with E-state index in [-0.39, 0.29) is 49.0 Å². The first-order valence-electron chi connectivity index (χ1n) is 11.5. The number of aliphatic hydroxyl groups excluding tert-OH is 2. The van der Waals surface area contributed by atoms with Gasteiger partial charge in [0.25, 0.3) is 0 Å². The van der Waals surface area contributed by atoms with Gasteiger partial charge in [0.2, 0.25) is 0 Å². The number of hydrogen-bond acceptors (Lipinski definition) is 6. The van der Waals surface area contributed by atoms with Crippen molar-refractivity contribution in [2.75, 3.05) is 5.88 Å². The lowest BCUT2D eigenvalue weighted by Crippen LogP contribution is -2.71. The molecule has 9 atom stereocenters. The third-order valence-corrected chi connectivity index (χ3v) is 9.83. The number of hydrogen-bond donors (Lipinski definition) is 2. The summed E-state index contributed by atoms with van der Waals surface area (Å²) in [6.45, 7) is 7.08. The second-order valence-corrected chi connectivity index (χ2v) is 11.7. The van der Waals surface area contributed by atoms with Gasteiger partial charge in [0, 0.05) is 23.2 Å². The van der Waals surface area contributed by atoms with Crippen LogP contribution in [0.15, 0.2) is 11.6 Å². The number of alkyl halides is 2. The minimum atomic E-state index is -2.04. The Balaban J connectivity index is 1.65. The summed E-state index contributed by atoms with van der Waals surface area (Å²) in [4.78, 5) is 25.4. The molecule has 0 amide bonds. The van der Waals surface area contributed by atoms with E-state index >= 15 is 4.39 Å². The first-order chi connectivity index (χ1) is 14.8. The summed E-state index contributed by atoms with van der Waals surface area (Å²) in [5.74, 6) is -2.80. The molecule has 3 saturated carbocycles. The third kappa shape index (κ3) is 2.45. The second-order valence-electron chi connectivity index (χ2n) is 11.4. The number of rotatable bonds is 2. The highest BCUT2D eigenvalue weighted by molar-refractivity contribution is 6.29. The molecule has 0 aromatic rings. The number of aliphatic hydroxyl groups is 2. The van der Waals surface area contributed by atoms with E-state index in [0.29, 0.717) is 12.0 Å². The fourth-order valence-corrected chi connectivity index (χ4v) is 8.50. The molecule has 1 saturated heterocycles. The smallest absolute Gasteiger partial charge is 0.182 e. The molecular weight excluding hydrogens is 439 g/mol. The van der Waals surface area contributed by atoms with Crippen LogP contribution in [-0.2, 0) is 19.1 Å². The van der Waals surface area contributed by atoms with Gasteiger partial charge in [-0.05, 0) is 57.1 Å². The van der Waals surface area contributed by atoms with Crippen LogP contribution >= 0.6 is 11.6 Å². The highest BCUT2D eigenvalue weighted by Gasteiger charge is 2.80. The predicted molar refractivity (Wildman–Crippen MR) is 114 cm³/mol. The number of carbonyl (C=O) groups excluding carboxylic acids is 2. The van der Waals surface area contributed by atoms with Crippen molar-refractivity contribution in [3.63, 3.8) is 0 Å². The Kier molecular flexibility index (Phi) is 4.74. The van der Waals surface area contributed by atoms with Crippen LogP contribution in [0.5, 0.6) is 0 Å². The molecule has 5 aliphatic rings.